The molecule has 2 heterocycles. The molecule has 2 fully saturated rings. The van der Waals surface area contributed by atoms with Gasteiger partial charge in [-0.05, 0) is 59.9 Å². The number of carbonyl (C=O) groups is 1. The average Bonchev–Trinajstić information content (AvgIpc) is 3.53. The van der Waals surface area contributed by atoms with Gasteiger partial charge in [0.05, 0.1) is 16.4 Å². The molecule has 4 aromatic rings. The van der Waals surface area contributed by atoms with Crippen LogP contribution in [0.5, 0.6) is 0 Å². The smallest absolute Gasteiger partial charge is 0.303 e. The Morgan fingerprint density at radius 3 is 2.44 bits per heavy atom. The van der Waals surface area contributed by atoms with Gasteiger partial charge in [-0.2, -0.15) is 8.42 Å². The molecule has 1 saturated carbocycles. The van der Waals surface area contributed by atoms with E-state index in [1.807, 2.05) is 27.6 Å². The molecule has 0 bridgehead atoms. The maximum absolute atomic E-state index is 12.5. The number of benzene rings is 3. The SMILES string of the molecule is O=C1CN(c2cccc(-n3cc(-c4ccc(Cl)cc4Cl)nc3Cc3ccc(C=CCC4CCCCC4)cc3)c2)S(=O)(=O)N1. The van der Waals surface area contributed by atoms with E-state index < -0.39 is 16.1 Å². The zero-order valence-corrected chi connectivity index (χ0v) is 25.9. The lowest BCUT2D eigenvalue weighted by molar-refractivity contribution is -0.117. The van der Waals surface area contributed by atoms with Gasteiger partial charge in [0.2, 0.25) is 0 Å². The van der Waals surface area contributed by atoms with Crippen LogP contribution in [0.3, 0.4) is 0 Å². The van der Waals surface area contributed by atoms with E-state index in [0.29, 0.717) is 33.5 Å². The standard InChI is InChI=1S/C33H32Cl2N4O3S/c34-26-16-17-29(30(35)19-26)31-21-38(27-10-5-11-28(20-27)39-22-33(40)37-43(39,41)42)32(36-31)18-25-14-12-24(13-15-25)9-4-8-23-6-2-1-3-7-23/h4-5,9-17,19-21,23H,1-3,6-8,18,22H2,(H,37,40). The summed E-state index contributed by atoms with van der Waals surface area (Å²) in [4.78, 5) is 16.8. The molecule has 1 amide bonds. The molecule has 1 N–H and O–H groups in total. The molecule has 1 aromatic heterocycles. The molecule has 1 saturated heterocycles. The summed E-state index contributed by atoms with van der Waals surface area (Å²) in [7, 11) is -3.94. The van der Waals surface area contributed by atoms with Crippen LogP contribution in [-0.2, 0) is 21.4 Å². The summed E-state index contributed by atoms with van der Waals surface area (Å²) in [5.74, 6) is 0.991. The maximum Gasteiger partial charge on any atom is 0.326 e. The summed E-state index contributed by atoms with van der Waals surface area (Å²) in [5.41, 5.74) is 4.73. The number of imidazole rings is 1. The topological polar surface area (TPSA) is 84.3 Å². The van der Waals surface area contributed by atoms with Crippen molar-refractivity contribution >= 4 is 51.1 Å². The minimum atomic E-state index is -3.94. The Kier molecular flexibility index (Phi) is 8.61. The molecule has 1 aliphatic carbocycles. The molecule has 3 aromatic carbocycles. The van der Waals surface area contributed by atoms with Crippen LogP contribution in [0.25, 0.3) is 23.0 Å². The normalized spacial score (nSPS) is 17.1. The highest BCUT2D eigenvalue weighted by atomic mass is 35.5. The quantitative estimate of drug-likeness (QED) is 0.216. The Hall–Kier alpha value is -3.59. The number of halogens is 2. The lowest BCUT2D eigenvalue weighted by Crippen LogP contribution is -2.29. The summed E-state index contributed by atoms with van der Waals surface area (Å²) in [6.45, 7) is -0.268. The van der Waals surface area contributed by atoms with Crippen molar-refractivity contribution in [3.63, 3.8) is 0 Å². The van der Waals surface area contributed by atoms with Crippen LogP contribution in [0.2, 0.25) is 10.0 Å². The van der Waals surface area contributed by atoms with Crippen LogP contribution in [0.1, 0.15) is 55.5 Å². The summed E-state index contributed by atoms with van der Waals surface area (Å²) < 4.78 is 30.0. The van der Waals surface area contributed by atoms with Gasteiger partial charge in [-0.1, -0.05) is 97.8 Å². The maximum atomic E-state index is 12.5. The third-order valence-electron chi connectivity index (χ3n) is 8.05. The van der Waals surface area contributed by atoms with Crippen LogP contribution in [-0.4, -0.2) is 30.4 Å². The monoisotopic (exact) mass is 634 g/mol. The third kappa shape index (κ3) is 6.82. The first-order valence-corrected chi connectivity index (χ1v) is 16.7. The van der Waals surface area contributed by atoms with E-state index in [2.05, 4.69) is 36.4 Å². The van der Waals surface area contributed by atoms with E-state index in [9.17, 15) is 13.2 Å². The molecule has 0 atom stereocenters. The highest BCUT2D eigenvalue weighted by molar-refractivity contribution is 7.92. The van der Waals surface area contributed by atoms with Gasteiger partial charge in [-0.25, -0.2) is 14.0 Å². The molecule has 1 aliphatic heterocycles. The lowest BCUT2D eigenvalue weighted by Gasteiger charge is -2.19. The van der Waals surface area contributed by atoms with Crippen molar-refractivity contribution in [2.75, 3.05) is 10.8 Å². The number of aromatic nitrogens is 2. The Balaban J connectivity index is 1.30. The number of amides is 1. The number of anilines is 1. The van der Waals surface area contributed by atoms with Crippen molar-refractivity contribution in [3.05, 3.63) is 106 Å². The molecule has 10 heteroatoms. The van der Waals surface area contributed by atoms with Gasteiger partial charge in [0.25, 0.3) is 5.91 Å². The van der Waals surface area contributed by atoms with Crippen molar-refractivity contribution in [1.29, 1.82) is 0 Å². The molecular formula is C33H32Cl2N4O3S. The van der Waals surface area contributed by atoms with Gasteiger partial charge in [-0.3, -0.25) is 4.79 Å². The second-order valence-corrected chi connectivity index (χ2v) is 13.6. The van der Waals surface area contributed by atoms with E-state index in [-0.39, 0.29) is 6.54 Å². The van der Waals surface area contributed by atoms with Crippen LogP contribution in [0, 0.1) is 5.92 Å². The lowest BCUT2D eigenvalue weighted by atomic mass is 9.87. The second-order valence-electron chi connectivity index (χ2n) is 11.2. The third-order valence-corrected chi connectivity index (χ3v) is 10.0. The molecule has 43 heavy (non-hydrogen) atoms. The fraction of sp³-hybridized carbons (Fsp3) is 0.273. The zero-order valence-electron chi connectivity index (χ0n) is 23.5. The minimum Gasteiger partial charge on any atom is -0.303 e. The molecule has 6 rings (SSSR count). The molecule has 0 spiro atoms. The number of rotatable bonds is 8. The predicted octanol–water partition coefficient (Wildman–Crippen LogP) is 7.60. The van der Waals surface area contributed by atoms with Crippen LogP contribution >= 0.6 is 23.2 Å². The van der Waals surface area contributed by atoms with Crippen molar-refractivity contribution in [1.82, 2.24) is 14.3 Å². The van der Waals surface area contributed by atoms with Gasteiger partial charge in [0, 0.05) is 28.9 Å². The van der Waals surface area contributed by atoms with Gasteiger partial charge < -0.3 is 4.57 Å². The minimum absolute atomic E-state index is 0.268. The molecule has 7 nitrogen and oxygen atoms in total. The van der Waals surface area contributed by atoms with Crippen LogP contribution in [0.15, 0.2) is 79.0 Å². The zero-order chi connectivity index (χ0) is 30.0. The predicted molar refractivity (Wildman–Crippen MR) is 173 cm³/mol. The Bertz CT molecular complexity index is 1780. The number of nitrogens with zero attached hydrogens (tertiary/aromatic N) is 3. The Morgan fingerprint density at radius 2 is 1.72 bits per heavy atom. The van der Waals surface area contributed by atoms with E-state index in [1.54, 1.807) is 30.3 Å². The van der Waals surface area contributed by atoms with Crippen LogP contribution < -0.4 is 9.03 Å². The van der Waals surface area contributed by atoms with Crippen molar-refractivity contribution < 1.29 is 13.2 Å². The van der Waals surface area contributed by atoms with Crippen molar-refractivity contribution in [3.8, 4) is 16.9 Å². The van der Waals surface area contributed by atoms with Crippen molar-refractivity contribution in [2.24, 2.45) is 5.92 Å². The van der Waals surface area contributed by atoms with Gasteiger partial charge in [0.1, 0.15) is 12.4 Å². The largest absolute Gasteiger partial charge is 0.326 e. The number of hydrogen-bond donors (Lipinski definition) is 1. The fourth-order valence-electron chi connectivity index (χ4n) is 5.82. The highest BCUT2D eigenvalue weighted by Crippen LogP contribution is 2.32. The van der Waals surface area contributed by atoms with Crippen molar-refractivity contribution in [2.45, 2.75) is 44.9 Å². The summed E-state index contributed by atoms with van der Waals surface area (Å²) in [6, 6.07) is 20.8. The van der Waals surface area contributed by atoms with Gasteiger partial charge in [0.15, 0.2) is 0 Å². The first-order valence-electron chi connectivity index (χ1n) is 14.5. The summed E-state index contributed by atoms with van der Waals surface area (Å²) in [5, 5.41) is 1.01. The van der Waals surface area contributed by atoms with E-state index in [0.717, 1.165) is 33.6 Å². The Morgan fingerprint density at radius 1 is 0.953 bits per heavy atom. The van der Waals surface area contributed by atoms with Gasteiger partial charge >= 0.3 is 10.2 Å². The molecular weight excluding hydrogens is 603 g/mol. The van der Waals surface area contributed by atoms with E-state index >= 15 is 0 Å². The number of allylic oxidation sites excluding steroid dienone is 1. The number of carbonyl (C=O) groups excluding carboxylic acids is 1. The number of nitrogens with one attached hydrogen (secondary N) is 1. The highest BCUT2D eigenvalue weighted by Gasteiger charge is 2.34. The van der Waals surface area contributed by atoms with Crippen LogP contribution in [0.4, 0.5) is 5.69 Å². The fourth-order valence-corrected chi connectivity index (χ4v) is 7.46. The second kappa shape index (κ2) is 12.6. The molecule has 0 radical (unpaired) electrons. The van der Waals surface area contributed by atoms with Gasteiger partial charge in [-0.15, -0.1) is 0 Å². The van der Waals surface area contributed by atoms with E-state index in [4.69, 9.17) is 28.2 Å². The van der Waals surface area contributed by atoms with E-state index in [1.165, 1.54) is 37.7 Å². The molecule has 2 aliphatic rings. The molecule has 222 valence electrons. The number of hydrogen-bond acceptors (Lipinski definition) is 4. The summed E-state index contributed by atoms with van der Waals surface area (Å²) >= 11 is 12.7. The first kappa shape index (κ1) is 29.5. The molecule has 0 unspecified atom stereocenters. The summed E-state index contributed by atoms with van der Waals surface area (Å²) in [6.07, 6.45) is 14.8. The average molecular weight is 636 g/mol. The Labute approximate surface area is 262 Å². The first-order chi connectivity index (χ1) is 20.7.